The van der Waals surface area contributed by atoms with Gasteiger partial charge in [-0.2, -0.15) is 0 Å². The van der Waals surface area contributed by atoms with E-state index in [1.165, 1.54) is 40.5 Å². The summed E-state index contributed by atoms with van der Waals surface area (Å²) in [6, 6.07) is 5.23. The molecule has 7 nitrogen and oxygen atoms in total. The van der Waals surface area contributed by atoms with Crippen molar-refractivity contribution in [1.29, 1.82) is 0 Å². The van der Waals surface area contributed by atoms with Gasteiger partial charge in [0.1, 0.15) is 11.4 Å². The number of halogens is 1. The molecular formula is C21H23FN4O3S. The average molecular weight is 431 g/mol. The number of aryl methyl sites for hydroxylation is 1. The minimum atomic E-state index is -0.783. The van der Waals surface area contributed by atoms with Crippen LogP contribution in [0.2, 0.25) is 0 Å². The number of nitrogens with one attached hydrogen (secondary N) is 1. The fraction of sp³-hybridized carbons (Fsp3) is 0.429. The summed E-state index contributed by atoms with van der Waals surface area (Å²) in [5, 5.41) is 5.59. The van der Waals surface area contributed by atoms with Crippen LogP contribution in [0.1, 0.15) is 42.8 Å². The van der Waals surface area contributed by atoms with Gasteiger partial charge < -0.3 is 10.2 Å². The van der Waals surface area contributed by atoms with Gasteiger partial charge in [-0.1, -0.05) is 12.8 Å². The molecule has 2 aliphatic rings. The van der Waals surface area contributed by atoms with E-state index in [1.54, 1.807) is 0 Å². The quantitative estimate of drug-likeness (QED) is 0.713. The van der Waals surface area contributed by atoms with Crippen molar-refractivity contribution in [3.8, 4) is 0 Å². The van der Waals surface area contributed by atoms with E-state index in [1.807, 2.05) is 12.3 Å². The molecule has 1 saturated heterocycles. The molecule has 1 aromatic carbocycles. The maximum absolute atomic E-state index is 13.4. The first-order valence-corrected chi connectivity index (χ1v) is 10.9. The van der Waals surface area contributed by atoms with Crippen LogP contribution in [0.3, 0.4) is 0 Å². The van der Waals surface area contributed by atoms with Gasteiger partial charge in [-0.15, -0.1) is 11.3 Å². The van der Waals surface area contributed by atoms with Crippen molar-refractivity contribution in [2.24, 2.45) is 0 Å². The molecule has 9 heteroatoms. The van der Waals surface area contributed by atoms with Gasteiger partial charge in [-0.25, -0.2) is 14.2 Å². The predicted octanol–water partition coefficient (Wildman–Crippen LogP) is 3.38. The monoisotopic (exact) mass is 430 g/mol. The van der Waals surface area contributed by atoms with Gasteiger partial charge >= 0.3 is 6.03 Å². The molecular weight excluding hydrogens is 407 g/mol. The summed E-state index contributed by atoms with van der Waals surface area (Å²) < 4.78 is 13.4. The van der Waals surface area contributed by atoms with Crippen LogP contribution in [0.4, 0.5) is 14.9 Å². The number of amides is 4. The largest absolute Gasteiger partial charge is 0.325 e. The van der Waals surface area contributed by atoms with Crippen molar-refractivity contribution >= 4 is 34.9 Å². The van der Waals surface area contributed by atoms with Crippen LogP contribution in [0.5, 0.6) is 0 Å². The summed E-state index contributed by atoms with van der Waals surface area (Å²) in [5.74, 6) is -0.890. The van der Waals surface area contributed by atoms with E-state index >= 15 is 0 Å². The third kappa shape index (κ3) is 3.94. The fourth-order valence-electron chi connectivity index (χ4n) is 4.13. The summed E-state index contributed by atoms with van der Waals surface area (Å²) in [6.45, 7) is 2.13. The fourth-order valence-corrected chi connectivity index (χ4v) is 4.73. The first-order chi connectivity index (χ1) is 14.4. The third-order valence-electron chi connectivity index (χ3n) is 5.68. The van der Waals surface area contributed by atoms with Crippen LogP contribution in [-0.4, -0.2) is 39.8 Å². The lowest BCUT2D eigenvalue weighted by Crippen LogP contribution is -2.44. The number of aromatic nitrogens is 1. The van der Waals surface area contributed by atoms with Crippen LogP contribution in [0.25, 0.3) is 0 Å². The Bertz CT molecular complexity index is 969. The summed E-state index contributed by atoms with van der Waals surface area (Å²) in [5.41, 5.74) is 0.487. The number of anilines is 1. The smallest absolute Gasteiger partial charge is 0.323 e. The number of carbonyl (C=O) groups is 3. The second-order valence-corrected chi connectivity index (χ2v) is 8.80. The zero-order valence-corrected chi connectivity index (χ0v) is 17.5. The normalized spacial score (nSPS) is 17.6. The van der Waals surface area contributed by atoms with E-state index < -0.39 is 17.4 Å². The highest BCUT2D eigenvalue weighted by Crippen LogP contribution is 2.35. The second kappa shape index (κ2) is 8.14. The van der Waals surface area contributed by atoms with Gasteiger partial charge in [0.15, 0.2) is 0 Å². The van der Waals surface area contributed by atoms with Crippen LogP contribution in [-0.2, 0) is 16.1 Å². The van der Waals surface area contributed by atoms with Crippen LogP contribution < -0.4 is 10.2 Å². The molecule has 1 saturated carbocycles. The highest BCUT2D eigenvalue weighted by Gasteiger charge is 2.52. The molecule has 0 bridgehead atoms. The molecule has 0 unspecified atom stereocenters. The van der Waals surface area contributed by atoms with Crippen LogP contribution >= 0.6 is 11.3 Å². The number of imide groups is 1. The van der Waals surface area contributed by atoms with Crippen molar-refractivity contribution in [2.75, 3.05) is 11.4 Å². The Labute approximate surface area is 177 Å². The zero-order chi connectivity index (χ0) is 21.3. The van der Waals surface area contributed by atoms with Gasteiger partial charge in [0, 0.05) is 24.0 Å². The Morgan fingerprint density at radius 1 is 1.27 bits per heavy atom. The molecule has 158 valence electrons. The van der Waals surface area contributed by atoms with E-state index in [2.05, 4.69) is 10.3 Å². The molecule has 4 rings (SSSR count). The lowest BCUT2D eigenvalue weighted by atomic mass is 9.98. The average Bonchev–Trinajstić information content (AvgIpc) is 3.41. The lowest BCUT2D eigenvalue weighted by Gasteiger charge is -2.24. The van der Waals surface area contributed by atoms with E-state index in [-0.39, 0.29) is 31.3 Å². The topological polar surface area (TPSA) is 82.6 Å². The maximum Gasteiger partial charge on any atom is 0.325 e. The number of thiazole rings is 1. The van der Waals surface area contributed by atoms with Crippen molar-refractivity contribution in [1.82, 2.24) is 15.2 Å². The summed E-state index contributed by atoms with van der Waals surface area (Å²) in [7, 11) is 0. The summed E-state index contributed by atoms with van der Waals surface area (Å²) in [4.78, 5) is 45.3. The molecule has 1 aliphatic heterocycles. The van der Waals surface area contributed by atoms with Crippen molar-refractivity contribution < 1.29 is 18.8 Å². The number of nitrogens with zero attached hydrogens (tertiary/aromatic N) is 3. The molecule has 0 atom stereocenters. The molecule has 2 heterocycles. The number of benzene rings is 1. The third-order valence-corrected chi connectivity index (χ3v) is 6.50. The molecule has 4 amide bonds. The second-order valence-electron chi connectivity index (χ2n) is 7.74. The van der Waals surface area contributed by atoms with Crippen LogP contribution in [0.15, 0.2) is 29.6 Å². The minimum absolute atomic E-state index is 0.0129. The first-order valence-electron chi connectivity index (χ1n) is 9.99. The van der Waals surface area contributed by atoms with Crippen molar-refractivity contribution in [3.05, 3.63) is 46.2 Å². The highest BCUT2D eigenvalue weighted by molar-refractivity contribution is 7.09. The Kier molecular flexibility index (Phi) is 5.55. The maximum atomic E-state index is 13.4. The van der Waals surface area contributed by atoms with Crippen molar-refractivity contribution in [3.63, 3.8) is 0 Å². The Hall–Kier alpha value is -2.81. The Morgan fingerprint density at radius 3 is 2.60 bits per heavy atom. The highest BCUT2D eigenvalue weighted by atomic mass is 32.1. The van der Waals surface area contributed by atoms with E-state index in [0.29, 0.717) is 18.5 Å². The molecule has 2 fully saturated rings. The minimum Gasteiger partial charge on any atom is -0.323 e. The van der Waals surface area contributed by atoms with E-state index in [0.717, 1.165) is 28.4 Å². The van der Waals surface area contributed by atoms with Crippen molar-refractivity contribution in [2.45, 2.75) is 51.1 Å². The number of urea groups is 1. The number of hydrogen-bond acceptors (Lipinski definition) is 5. The van der Waals surface area contributed by atoms with Gasteiger partial charge in [0.2, 0.25) is 5.91 Å². The SMILES string of the molecule is Cc1nc(CN(C(=O)CCN2C(=O)NC3(CCCC3)C2=O)c2ccc(F)cc2)cs1. The standard InChI is InChI=1S/C21H23FN4O3S/c1-14-23-16(13-30-14)12-26(17-6-4-15(22)5-7-17)18(27)8-11-25-19(28)21(24-20(25)29)9-2-3-10-21/h4-7,13H,2-3,8-12H2,1H3,(H,24,29). The van der Waals surface area contributed by atoms with Gasteiger partial charge in [-0.05, 0) is 44.0 Å². The number of hydrogen-bond donors (Lipinski definition) is 1. The van der Waals surface area contributed by atoms with E-state index in [4.69, 9.17) is 0 Å². The van der Waals surface area contributed by atoms with Gasteiger partial charge in [0.25, 0.3) is 5.91 Å². The number of carbonyl (C=O) groups excluding carboxylic acids is 3. The van der Waals surface area contributed by atoms with Crippen LogP contribution in [0, 0.1) is 12.7 Å². The molecule has 1 aliphatic carbocycles. The number of rotatable bonds is 6. The van der Waals surface area contributed by atoms with Gasteiger partial charge in [-0.3, -0.25) is 14.5 Å². The molecule has 30 heavy (non-hydrogen) atoms. The van der Waals surface area contributed by atoms with Gasteiger partial charge in [0.05, 0.1) is 17.2 Å². The molecule has 2 aromatic rings. The molecule has 0 radical (unpaired) electrons. The van der Waals surface area contributed by atoms with E-state index in [9.17, 15) is 18.8 Å². The summed E-state index contributed by atoms with van der Waals surface area (Å²) >= 11 is 1.49. The lowest BCUT2D eigenvalue weighted by molar-refractivity contribution is -0.131. The summed E-state index contributed by atoms with van der Waals surface area (Å²) in [6.07, 6.45) is 3.09. The molecule has 1 aromatic heterocycles. The zero-order valence-electron chi connectivity index (χ0n) is 16.7. The molecule has 1 spiro atoms. The molecule has 1 N–H and O–H groups in total. The predicted molar refractivity (Wildman–Crippen MR) is 111 cm³/mol. The Balaban J connectivity index is 1.48. The first kappa shape index (κ1) is 20.5. The Morgan fingerprint density at radius 2 is 1.97 bits per heavy atom.